The molecule has 4 rings (SSSR count). The van der Waals surface area contributed by atoms with Crippen LogP contribution in [0.3, 0.4) is 0 Å². The second kappa shape index (κ2) is 8.72. The van der Waals surface area contributed by atoms with Gasteiger partial charge in [0, 0.05) is 13.0 Å². The zero-order chi connectivity index (χ0) is 19.2. The van der Waals surface area contributed by atoms with Crippen molar-refractivity contribution in [2.45, 2.75) is 19.6 Å². The summed E-state index contributed by atoms with van der Waals surface area (Å²) in [4.78, 5) is 12.0. The smallest absolute Gasteiger partial charge is 0.246 e. The molecule has 0 saturated carbocycles. The van der Waals surface area contributed by atoms with Crippen molar-refractivity contribution in [1.82, 2.24) is 5.32 Å². The summed E-state index contributed by atoms with van der Waals surface area (Å²) in [5, 5.41) is 2.90. The van der Waals surface area contributed by atoms with E-state index < -0.39 is 0 Å². The summed E-state index contributed by atoms with van der Waals surface area (Å²) in [7, 11) is 0. The van der Waals surface area contributed by atoms with E-state index in [-0.39, 0.29) is 12.5 Å². The van der Waals surface area contributed by atoms with Crippen LogP contribution in [-0.4, -0.2) is 19.1 Å². The maximum Gasteiger partial charge on any atom is 0.246 e. The van der Waals surface area contributed by atoms with Crippen molar-refractivity contribution < 1.29 is 14.3 Å². The molecule has 0 aliphatic carbocycles. The maximum atomic E-state index is 12.0. The van der Waals surface area contributed by atoms with E-state index in [0.717, 1.165) is 35.5 Å². The molecule has 0 atom stereocenters. The van der Waals surface area contributed by atoms with Crippen LogP contribution in [0.1, 0.15) is 16.7 Å². The van der Waals surface area contributed by atoms with E-state index in [1.165, 1.54) is 11.1 Å². The molecule has 4 nitrogen and oxygen atoms in total. The number of benzene rings is 3. The van der Waals surface area contributed by atoms with Crippen LogP contribution in [-0.2, 0) is 29.1 Å². The molecule has 0 unspecified atom stereocenters. The van der Waals surface area contributed by atoms with Crippen molar-refractivity contribution >= 4 is 5.91 Å². The van der Waals surface area contributed by atoms with Gasteiger partial charge in [0.2, 0.25) is 5.91 Å². The van der Waals surface area contributed by atoms with Gasteiger partial charge in [-0.05, 0) is 39.9 Å². The van der Waals surface area contributed by atoms with E-state index in [0.29, 0.717) is 13.2 Å². The first-order chi connectivity index (χ1) is 13.8. The Labute approximate surface area is 165 Å². The molecule has 0 spiro atoms. The largest absolute Gasteiger partial charge is 0.493 e. The molecule has 4 heteroatoms. The number of nitrogens with one attached hydrogen (secondary N) is 1. The molecule has 3 aromatic carbocycles. The first-order valence-corrected chi connectivity index (χ1v) is 9.51. The molecule has 0 saturated heterocycles. The third kappa shape index (κ3) is 4.59. The molecule has 1 aliphatic rings. The van der Waals surface area contributed by atoms with Gasteiger partial charge in [-0.25, -0.2) is 0 Å². The Hall–Kier alpha value is -3.11. The summed E-state index contributed by atoms with van der Waals surface area (Å²) in [6.45, 7) is 1.76. The number of hydrogen-bond donors (Lipinski definition) is 1. The minimum atomic E-state index is -0.112. The summed E-state index contributed by atoms with van der Waals surface area (Å²) in [6.07, 6.45) is 0.972. The maximum absolute atomic E-state index is 12.0. The molecule has 1 N–H and O–H groups in total. The van der Waals surface area contributed by atoms with Gasteiger partial charge in [0.25, 0.3) is 0 Å². The molecule has 0 bridgehead atoms. The number of hydrogen-bond acceptors (Lipinski definition) is 3. The highest BCUT2D eigenvalue weighted by Gasteiger charge is 2.12. The van der Waals surface area contributed by atoms with Gasteiger partial charge in [0.15, 0.2) is 0 Å². The van der Waals surface area contributed by atoms with Crippen LogP contribution >= 0.6 is 0 Å². The Morgan fingerprint density at radius 1 is 0.929 bits per heavy atom. The fourth-order valence-corrected chi connectivity index (χ4v) is 3.27. The zero-order valence-electron chi connectivity index (χ0n) is 15.7. The third-order valence-corrected chi connectivity index (χ3v) is 4.81. The Balaban J connectivity index is 1.26. The van der Waals surface area contributed by atoms with E-state index in [1.807, 2.05) is 48.5 Å². The van der Waals surface area contributed by atoms with Crippen molar-refractivity contribution in [2.24, 2.45) is 0 Å². The molecule has 3 aromatic rings. The van der Waals surface area contributed by atoms with Gasteiger partial charge >= 0.3 is 0 Å². The highest BCUT2D eigenvalue weighted by Crippen LogP contribution is 2.30. The van der Waals surface area contributed by atoms with Crippen LogP contribution in [0.4, 0.5) is 0 Å². The van der Waals surface area contributed by atoms with Crippen molar-refractivity contribution in [3.8, 4) is 16.9 Å². The van der Waals surface area contributed by atoms with Gasteiger partial charge < -0.3 is 14.8 Å². The fraction of sp³-hybridized carbons (Fsp3) is 0.208. The molecule has 0 fully saturated rings. The lowest BCUT2D eigenvalue weighted by Crippen LogP contribution is -2.27. The molecule has 0 radical (unpaired) electrons. The monoisotopic (exact) mass is 373 g/mol. The van der Waals surface area contributed by atoms with Crippen LogP contribution < -0.4 is 10.1 Å². The van der Waals surface area contributed by atoms with E-state index in [4.69, 9.17) is 9.47 Å². The van der Waals surface area contributed by atoms with Crippen LogP contribution in [0.25, 0.3) is 11.1 Å². The van der Waals surface area contributed by atoms with E-state index in [9.17, 15) is 4.79 Å². The Morgan fingerprint density at radius 3 is 2.54 bits per heavy atom. The van der Waals surface area contributed by atoms with Crippen molar-refractivity contribution in [1.29, 1.82) is 0 Å². The normalized spacial score (nSPS) is 12.3. The Kier molecular flexibility index (Phi) is 5.69. The number of carbonyl (C=O) groups excluding carboxylic acids is 1. The predicted octanol–water partition coefficient (Wildman–Crippen LogP) is 4.12. The van der Waals surface area contributed by atoms with Crippen LogP contribution in [0, 0.1) is 0 Å². The number of ether oxygens (including phenoxy) is 2. The first-order valence-electron chi connectivity index (χ1n) is 9.51. The standard InChI is InChI=1S/C24H23NO3/c26-24(17-27-16-19-4-2-1-3-5-19)25-15-18-6-8-20(9-7-18)21-10-11-23-22(14-21)12-13-28-23/h1-11,14H,12-13,15-17H2,(H,25,26). The lowest BCUT2D eigenvalue weighted by Gasteiger charge is -2.08. The van der Waals surface area contributed by atoms with Gasteiger partial charge in [0.1, 0.15) is 12.4 Å². The van der Waals surface area contributed by atoms with Crippen LogP contribution in [0.5, 0.6) is 5.75 Å². The summed E-state index contributed by atoms with van der Waals surface area (Å²) in [6, 6.07) is 24.4. The van der Waals surface area contributed by atoms with E-state index in [1.54, 1.807) is 0 Å². The summed E-state index contributed by atoms with van der Waals surface area (Å²) in [5.74, 6) is 0.885. The zero-order valence-corrected chi connectivity index (χ0v) is 15.7. The average Bonchev–Trinajstić information content (AvgIpc) is 3.21. The highest BCUT2D eigenvalue weighted by atomic mass is 16.5. The number of carbonyl (C=O) groups is 1. The van der Waals surface area contributed by atoms with Crippen molar-refractivity contribution in [3.63, 3.8) is 0 Å². The molecule has 1 heterocycles. The van der Waals surface area contributed by atoms with Gasteiger partial charge in [-0.2, -0.15) is 0 Å². The fourth-order valence-electron chi connectivity index (χ4n) is 3.27. The van der Waals surface area contributed by atoms with E-state index >= 15 is 0 Å². The van der Waals surface area contributed by atoms with Crippen molar-refractivity contribution in [2.75, 3.05) is 13.2 Å². The summed E-state index contributed by atoms with van der Waals surface area (Å²) < 4.78 is 11.0. The lowest BCUT2D eigenvalue weighted by atomic mass is 10.0. The molecule has 28 heavy (non-hydrogen) atoms. The predicted molar refractivity (Wildman–Crippen MR) is 109 cm³/mol. The van der Waals surface area contributed by atoms with Gasteiger partial charge in [0.05, 0.1) is 13.2 Å². The SMILES string of the molecule is O=C(COCc1ccccc1)NCc1ccc(-c2ccc3c(c2)CCO3)cc1. The molecular weight excluding hydrogens is 350 g/mol. The molecule has 142 valence electrons. The van der Waals surface area contributed by atoms with Crippen LogP contribution in [0.2, 0.25) is 0 Å². The average molecular weight is 373 g/mol. The lowest BCUT2D eigenvalue weighted by molar-refractivity contribution is -0.126. The molecule has 1 aliphatic heterocycles. The minimum absolute atomic E-state index is 0.0597. The number of rotatable bonds is 7. The minimum Gasteiger partial charge on any atom is -0.493 e. The van der Waals surface area contributed by atoms with Crippen LogP contribution in [0.15, 0.2) is 72.8 Å². The topological polar surface area (TPSA) is 47.6 Å². The van der Waals surface area contributed by atoms with Gasteiger partial charge in [-0.15, -0.1) is 0 Å². The van der Waals surface area contributed by atoms with Gasteiger partial charge in [-0.3, -0.25) is 4.79 Å². The number of amides is 1. The highest BCUT2D eigenvalue weighted by molar-refractivity contribution is 5.77. The molecule has 1 amide bonds. The second-order valence-electron chi connectivity index (χ2n) is 6.87. The molecular formula is C24H23NO3. The third-order valence-electron chi connectivity index (χ3n) is 4.81. The first kappa shape index (κ1) is 18.3. The second-order valence-corrected chi connectivity index (χ2v) is 6.87. The Morgan fingerprint density at radius 2 is 1.71 bits per heavy atom. The Bertz CT molecular complexity index is 936. The van der Waals surface area contributed by atoms with Gasteiger partial charge in [-0.1, -0.05) is 60.7 Å². The summed E-state index contributed by atoms with van der Waals surface area (Å²) in [5.41, 5.74) is 5.74. The van der Waals surface area contributed by atoms with E-state index in [2.05, 4.69) is 29.6 Å². The van der Waals surface area contributed by atoms with Crippen molar-refractivity contribution in [3.05, 3.63) is 89.5 Å². The molecule has 0 aromatic heterocycles. The quantitative estimate of drug-likeness (QED) is 0.678. The number of fused-ring (bicyclic) bond motifs is 1. The summed E-state index contributed by atoms with van der Waals surface area (Å²) >= 11 is 0.